The van der Waals surface area contributed by atoms with Gasteiger partial charge in [0.2, 0.25) is 0 Å². The van der Waals surface area contributed by atoms with Crippen LogP contribution in [0.2, 0.25) is 0 Å². The summed E-state index contributed by atoms with van der Waals surface area (Å²) < 4.78 is 15.1. The van der Waals surface area contributed by atoms with Crippen molar-refractivity contribution in [3.05, 3.63) is 28.6 Å². The van der Waals surface area contributed by atoms with Gasteiger partial charge in [0.05, 0.1) is 16.2 Å². The predicted octanol–water partition coefficient (Wildman–Crippen LogP) is 2.58. The molecule has 0 fully saturated rings. The minimum absolute atomic E-state index is 0.263. The molecule has 0 aliphatic rings. The Hall–Kier alpha value is -0.470. The van der Waals surface area contributed by atoms with Crippen LogP contribution < -0.4 is 0 Å². The van der Waals surface area contributed by atoms with Crippen LogP contribution in [0.1, 0.15) is 0 Å². The van der Waals surface area contributed by atoms with Gasteiger partial charge >= 0.3 is 0 Å². The minimum atomic E-state index is -0.263. The number of hydrogen-bond acceptors (Lipinski definition) is 1. The maximum absolute atomic E-state index is 13.0. The maximum atomic E-state index is 13.0. The highest BCUT2D eigenvalue weighted by molar-refractivity contribution is 9.10. The molecule has 0 saturated heterocycles. The Bertz CT molecular complexity index is 440. The summed E-state index contributed by atoms with van der Waals surface area (Å²) >= 11 is 3.16. The van der Waals surface area contributed by atoms with E-state index < -0.39 is 0 Å². The van der Waals surface area contributed by atoms with Crippen molar-refractivity contribution >= 4 is 36.2 Å². The lowest BCUT2D eigenvalue weighted by molar-refractivity contribution is 0.623. The molecule has 0 bridgehead atoms. The quantitative estimate of drug-likeness (QED) is 0.654. The van der Waals surface area contributed by atoms with Crippen LogP contribution in [-0.4, -0.2) is 9.55 Å². The summed E-state index contributed by atoms with van der Waals surface area (Å²) in [6, 6.07) is 3.10. The van der Waals surface area contributed by atoms with Crippen LogP contribution in [0.5, 0.6) is 0 Å². The van der Waals surface area contributed by atoms with Crippen LogP contribution in [-0.2, 0) is 0 Å². The number of benzene rings is 1. The third kappa shape index (κ3) is 1.06. The van der Waals surface area contributed by atoms with Gasteiger partial charge in [-0.2, -0.15) is 5.10 Å². The summed E-state index contributed by atoms with van der Waals surface area (Å²) in [4.78, 5) is 0. The lowest BCUT2D eigenvalue weighted by atomic mass is 10.2. The second-order valence-corrected chi connectivity index (χ2v) is 3.67. The third-order valence-corrected chi connectivity index (χ3v) is 2.89. The monoisotopic (exact) mass is 246 g/mol. The topological polar surface area (TPSA) is 17.8 Å². The average molecular weight is 247 g/mol. The van der Waals surface area contributed by atoms with E-state index in [1.54, 1.807) is 16.7 Å². The van der Waals surface area contributed by atoms with E-state index in [1.807, 2.05) is 0 Å². The SMILES string of the molecule is Fc1ccc2c(cnn2P)c1Br. The van der Waals surface area contributed by atoms with Crippen LogP contribution in [0.3, 0.4) is 0 Å². The summed E-state index contributed by atoms with van der Waals surface area (Å²) in [5, 5.41) is 4.76. The molecule has 1 heterocycles. The number of fused-ring (bicyclic) bond motifs is 1. The van der Waals surface area contributed by atoms with Crippen molar-refractivity contribution in [1.29, 1.82) is 0 Å². The fraction of sp³-hybridized carbons (Fsp3) is 0. The van der Waals surface area contributed by atoms with Gasteiger partial charge in [0.15, 0.2) is 0 Å². The molecule has 0 N–H and O–H groups in total. The van der Waals surface area contributed by atoms with Crippen LogP contribution in [0, 0.1) is 5.82 Å². The van der Waals surface area contributed by atoms with E-state index in [4.69, 9.17) is 0 Å². The van der Waals surface area contributed by atoms with Gasteiger partial charge in [0.25, 0.3) is 0 Å². The lowest BCUT2D eigenvalue weighted by Gasteiger charge is -1.96. The highest BCUT2D eigenvalue weighted by atomic mass is 79.9. The van der Waals surface area contributed by atoms with Crippen molar-refractivity contribution in [2.24, 2.45) is 0 Å². The van der Waals surface area contributed by atoms with Gasteiger partial charge in [0, 0.05) is 5.39 Å². The summed E-state index contributed by atoms with van der Waals surface area (Å²) in [5.74, 6) is -0.263. The predicted molar refractivity (Wildman–Crippen MR) is 52.5 cm³/mol. The molecule has 5 heteroatoms. The first-order valence-electron chi connectivity index (χ1n) is 3.27. The number of aromatic nitrogens is 2. The first-order chi connectivity index (χ1) is 5.70. The third-order valence-electron chi connectivity index (χ3n) is 1.67. The van der Waals surface area contributed by atoms with Gasteiger partial charge in [-0.25, -0.2) is 4.39 Å². The van der Waals surface area contributed by atoms with E-state index in [1.165, 1.54) is 6.07 Å². The number of rotatable bonds is 0. The van der Waals surface area contributed by atoms with Crippen molar-refractivity contribution in [2.45, 2.75) is 0 Å². The molecule has 1 unspecified atom stereocenters. The maximum Gasteiger partial charge on any atom is 0.138 e. The Morgan fingerprint density at radius 3 is 3.00 bits per heavy atom. The van der Waals surface area contributed by atoms with Crippen LogP contribution in [0.25, 0.3) is 10.9 Å². The first kappa shape index (κ1) is 8.14. The number of hydrogen-bond donors (Lipinski definition) is 0. The highest BCUT2D eigenvalue weighted by Crippen LogP contribution is 2.26. The molecule has 2 nitrogen and oxygen atoms in total. The molecule has 1 aromatic carbocycles. The summed E-state index contributed by atoms with van der Waals surface area (Å²) in [5.41, 5.74) is 0.883. The molecular weight excluding hydrogens is 242 g/mol. The lowest BCUT2D eigenvalue weighted by Crippen LogP contribution is -1.81. The van der Waals surface area contributed by atoms with Gasteiger partial charge in [-0.05, 0) is 37.5 Å². The molecular formula is C7H5BrFN2P. The van der Waals surface area contributed by atoms with Crippen molar-refractivity contribution in [2.75, 3.05) is 0 Å². The van der Waals surface area contributed by atoms with E-state index in [9.17, 15) is 4.39 Å². The summed E-state index contributed by atoms with van der Waals surface area (Å²) in [6.07, 6.45) is 1.62. The second-order valence-electron chi connectivity index (χ2n) is 2.38. The molecule has 2 rings (SSSR count). The van der Waals surface area contributed by atoms with Crippen molar-refractivity contribution in [1.82, 2.24) is 9.55 Å². The van der Waals surface area contributed by atoms with E-state index in [0.29, 0.717) is 4.47 Å². The molecule has 0 aliphatic carbocycles. The molecule has 2 aromatic rings. The molecule has 0 aliphatic heterocycles. The number of nitrogens with zero attached hydrogens (tertiary/aromatic N) is 2. The van der Waals surface area contributed by atoms with Crippen molar-refractivity contribution in [3.8, 4) is 0 Å². The molecule has 62 valence electrons. The highest BCUT2D eigenvalue weighted by Gasteiger charge is 2.06. The molecule has 0 radical (unpaired) electrons. The summed E-state index contributed by atoms with van der Waals surface area (Å²) in [6.45, 7) is 0. The molecule has 1 atom stereocenters. The second kappa shape index (κ2) is 2.79. The molecule has 1 aromatic heterocycles. The van der Waals surface area contributed by atoms with Crippen molar-refractivity contribution < 1.29 is 4.39 Å². The van der Waals surface area contributed by atoms with Crippen LogP contribution in [0.15, 0.2) is 22.8 Å². The zero-order valence-corrected chi connectivity index (χ0v) is 8.70. The zero-order chi connectivity index (χ0) is 8.72. The Balaban J connectivity index is 2.93. The van der Waals surface area contributed by atoms with Crippen molar-refractivity contribution in [3.63, 3.8) is 0 Å². The van der Waals surface area contributed by atoms with Gasteiger partial charge in [-0.3, -0.25) is 4.45 Å². The minimum Gasteiger partial charge on any atom is -0.251 e. The van der Waals surface area contributed by atoms with E-state index in [-0.39, 0.29) is 5.82 Å². The van der Waals surface area contributed by atoms with Gasteiger partial charge in [-0.15, -0.1) is 0 Å². The summed E-state index contributed by atoms with van der Waals surface area (Å²) in [7, 11) is 2.43. The Kier molecular flexibility index (Phi) is 1.89. The molecule has 0 saturated carbocycles. The Morgan fingerprint density at radius 2 is 2.25 bits per heavy atom. The fourth-order valence-electron chi connectivity index (χ4n) is 1.06. The van der Waals surface area contributed by atoms with Crippen LogP contribution >= 0.6 is 25.3 Å². The zero-order valence-electron chi connectivity index (χ0n) is 5.96. The fourth-order valence-corrected chi connectivity index (χ4v) is 1.79. The largest absolute Gasteiger partial charge is 0.251 e. The molecule has 0 amide bonds. The Labute approximate surface area is 79.1 Å². The number of halogens is 2. The van der Waals surface area contributed by atoms with Crippen LogP contribution in [0.4, 0.5) is 4.39 Å². The van der Waals surface area contributed by atoms with E-state index >= 15 is 0 Å². The molecule has 0 spiro atoms. The van der Waals surface area contributed by atoms with E-state index in [2.05, 4.69) is 30.4 Å². The normalized spacial score (nSPS) is 10.9. The Morgan fingerprint density at radius 1 is 1.50 bits per heavy atom. The first-order valence-corrected chi connectivity index (χ1v) is 4.58. The molecule has 12 heavy (non-hydrogen) atoms. The smallest absolute Gasteiger partial charge is 0.138 e. The van der Waals surface area contributed by atoms with Gasteiger partial charge < -0.3 is 0 Å². The average Bonchev–Trinajstić information content (AvgIpc) is 2.41. The van der Waals surface area contributed by atoms with E-state index in [0.717, 1.165) is 10.9 Å². The van der Waals surface area contributed by atoms with Gasteiger partial charge in [-0.1, -0.05) is 0 Å². The van der Waals surface area contributed by atoms with Gasteiger partial charge in [0.1, 0.15) is 5.82 Å². The standard InChI is InChI=1S/C7H5BrFN2P/c8-7-4-3-10-11(12)6(4)2-1-5(7)9/h1-3H,12H2.